The van der Waals surface area contributed by atoms with E-state index >= 15 is 0 Å². The summed E-state index contributed by atoms with van der Waals surface area (Å²) >= 11 is 4.91. The number of nitrogens with one attached hydrogen (secondary N) is 2. The Balaban J connectivity index is 2.24. The van der Waals surface area contributed by atoms with E-state index in [2.05, 4.69) is 15.3 Å². The van der Waals surface area contributed by atoms with Crippen molar-refractivity contribution >= 4 is 23.7 Å². The highest BCUT2D eigenvalue weighted by Crippen LogP contribution is 2.11. The van der Waals surface area contributed by atoms with Gasteiger partial charge >= 0.3 is 0 Å². The molecule has 0 aliphatic heterocycles. The van der Waals surface area contributed by atoms with Crippen LogP contribution in [0.5, 0.6) is 0 Å². The first-order chi connectivity index (χ1) is 6.84. The molecule has 1 aromatic carbocycles. The number of anilines is 2. The van der Waals surface area contributed by atoms with Gasteiger partial charge in [0, 0.05) is 11.9 Å². The first kappa shape index (κ1) is 8.90. The van der Waals surface area contributed by atoms with Crippen molar-refractivity contribution in [1.29, 1.82) is 0 Å². The van der Waals surface area contributed by atoms with Gasteiger partial charge < -0.3 is 10.3 Å². The second kappa shape index (κ2) is 4.02. The molecular weight excluding hydrogens is 194 g/mol. The lowest BCUT2D eigenvalue weighted by molar-refractivity contribution is 1.14. The molecule has 4 heteroatoms. The Morgan fingerprint density at radius 3 is 2.64 bits per heavy atom. The number of aromatic amines is 1. The Morgan fingerprint density at radius 2 is 1.93 bits per heavy atom. The molecule has 1 heterocycles. The molecule has 70 valence electrons. The standard InChI is InChI=1S/C10H9N3S/c14-10-11-7-6-9(13-10)12-8-4-2-1-3-5-8/h1-7H,(H2,11,12,13,14). The molecule has 0 amide bonds. The van der Waals surface area contributed by atoms with Crippen LogP contribution in [0.4, 0.5) is 11.5 Å². The summed E-state index contributed by atoms with van der Waals surface area (Å²) in [6.07, 6.45) is 1.67. The SMILES string of the molecule is S=c1nccc(Nc2ccccc2)[nH]1. The first-order valence-corrected chi connectivity index (χ1v) is 4.63. The number of nitrogens with zero attached hydrogens (tertiary/aromatic N) is 1. The number of hydrogen-bond donors (Lipinski definition) is 2. The molecule has 0 saturated carbocycles. The van der Waals surface area contributed by atoms with Crippen LogP contribution in [0.25, 0.3) is 0 Å². The maximum atomic E-state index is 4.91. The zero-order valence-corrected chi connectivity index (χ0v) is 8.21. The number of benzene rings is 1. The fourth-order valence-corrected chi connectivity index (χ4v) is 1.29. The molecule has 0 unspecified atom stereocenters. The largest absolute Gasteiger partial charge is 0.342 e. The smallest absolute Gasteiger partial charge is 0.198 e. The lowest BCUT2D eigenvalue weighted by Gasteiger charge is -2.04. The van der Waals surface area contributed by atoms with Crippen molar-refractivity contribution in [3.8, 4) is 0 Å². The Kier molecular flexibility index (Phi) is 2.55. The van der Waals surface area contributed by atoms with E-state index in [1.807, 2.05) is 36.4 Å². The van der Waals surface area contributed by atoms with Gasteiger partial charge in [-0.1, -0.05) is 18.2 Å². The molecule has 0 fully saturated rings. The number of hydrogen-bond acceptors (Lipinski definition) is 3. The van der Waals surface area contributed by atoms with Gasteiger partial charge in [0.25, 0.3) is 0 Å². The van der Waals surface area contributed by atoms with E-state index in [0.29, 0.717) is 4.77 Å². The predicted octanol–water partition coefficient (Wildman–Crippen LogP) is 2.88. The van der Waals surface area contributed by atoms with Crippen LogP contribution in [0, 0.1) is 4.77 Å². The molecule has 14 heavy (non-hydrogen) atoms. The van der Waals surface area contributed by atoms with Crippen molar-refractivity contribution in [3.63, 3.8) is 0 Å². The minimum Gasteiger partial charge on any atom is -0.342 e. The maximum Gasteiger partial charge on any atom is 0.198 e. The second-order valence-electron chi connectivity index (χ2n) is 2.78. The van der Waals surface area contributed by atoms with Gasteiger partial charge in [-0.25, -0.2) is 4.98 Å². The fraction of sp³-hybridized carbons (Fsp3) is 0. The number of rotatable bonds is 2. The Morgan fingerprint density at radius 1 is 1.14 bits per heavy atom. The molecule has 0 atom stereocenters. The molecule has 0 aliphatic rings. The Bertz CT molecular complexity index is 464. The number of aromatic nitrogens is 2. The van der Waals surface area contributed by atoms with E-state index < -0.39 is 0 Å². The van der Waals surface area contributed by atoms with E-state index in [1.165, 1.54) is 0 Å². The summed E-state index contributed by atoms with van der Waals surface area (Å²) in [5.74, 6) is 0.844. The highest BCUT2D eigenvalue weighted by Gasteiger charge is 1.92. The summed E-state index contributed by atoms with van der Waals surface area (Å²) in [5, 5.41) is 3.18. The Hall–Kier alpha value is -1.68. The van der Waals surface area contributed by atoms with E-state index in [-0.39, 0.29) is 0 Å². The van der Waals surface area contributed by atoms with Crippen LogP contribution < -0.4 is 5.32 Å². The first-order valence-electron chi connectivity index (χ1n) is 4.22. The third kappa shape index (κ3) is 2.17. The van der Waals surface area contributed by atoms with Crippen LogP contribution >= 0.6 is 12.2 Å². The summed E-state index contributed by atoms with van der Waals surface area (Å²) in [5.41, 5.74) is 1.02. The maximum absolute atomic E-state index is 4.91. The van der Waals surface area contributed by atoms with Crippen LogP contribution in [0.3, 0.4) is 0 Å². The molecule has 0 radical (unpaired) electrons. The summed E-state index contributed by atoms with van der Waals surface area (Å²) in [4.78, 5) is 6.85. The second-order valence-corrected chi connectivity index (χ2v) is 3.17. The summed E-state index contributed by atoms with van der Waals surface area (Å²) in [6.45, 7) is 0. The molecule has 0 aliphatic carbocycles. The van der Waals surface area contributed by atoms with Crippen LogP contribution in [0.2, 0.25) is 0 Å². The van der Waals surface area contributed by atoms with Crippen LogP contribution in [0.15, 0.2) is 42.6 Å². The van der Waals surface area contributed by atoms with Gasteiger partial charge in [0.1, 0.15) is 5.82 Å². The summed E-state index contributed by atoms with van der Waals surface area (Å²) in [6, 6.07) is 11.7. The van der Waals surface area contributed by atoms with Crippen molar-refractivity contribution in [2.45, 2.75) is 0 Å². The van der Waals surface area contributed by atoms with Crippen LogP contribution in [-0.2, 0) is 0 Å². The molecule has 1 aromatic heterocycles. The van der Waals surface area contributed by atoms with E-state index in [0.717, 1.165) is 11.5 Å². The monoisotopic (exact) mass is 203 g/mol. The van der Waals surface area contributed by atoms with E-state index in [1.54, 1.807) is 6.20 Å². The lowest BCUT2D eigenvalue weighted by atomic mass is 10.3. The van der Waals surface area contributed by atoms with E-state index in [9.17, 15) is 0 Å². The third-order valence-corrected chi connectivity index (χ3v) is 1.93. The van der Waals surface area contributed by atoms with E-state index in [4.69, 9.17) is 12.2 Å². The van der Waals surface area contributed by atoms with Gasteiger partial charge in [0.15, 0.2) is 4.77 Å². The van der Waals surface area contributed by atoms with Gasteiger partial charge in [0.05, 0.1) is 0 Å². The average Bonchev–Trinajstić information content (AvgIpc) is 2.19. The van der Waals surface area contributed by atoms with Crippen LogP contribution in [-0.4, -0.2) is 9.97 Å². The van der Waals surface area contributed by atoms with Gasteiger partial charge in [-0.2, -0.15) is 0 Å². The highest BCUT2D eigenvalue weighted by molar-refractivity contribution is 7.71. The van der Waals surface area contributed by atoms with Crippen molar-refractivity contribution < 1.29 is 0 Å². The zero-order chi connectivity index (χ0) is 9.80. The lowest BCUT2D eigenvalue weighted by Crippen LogP contribution is -1.93. The van der Waals surface area contributed by atoms with Gasteiger partial charge in [-0.05, 0) is 30.4 Å². The molecule has 2 aromatic rings. The van der Waals surface area contributed by atoms with Crippen molar-refractivity contribution in [2.75, 3.05) is 5.32 Å². The molecule has 3 nitrogen and oxygen atoms in total. The van der Waals surface area contributed by atoms with Gasteiger partial charge in [0.2, 0.25) is 0 Å². The van der Waals surface area contributed by atoms with Crippen molar-refractivity contribution in [3.05, 3.63) is 47.4 Å². The number of H-pyrrole nitrogens is 1. The predicted molar refractivity (Wildman–Crippen MR) is 59.1 cm³/mol. The van der Waals surface area contributed by atoms with Crippen molar-refractivity contribution in [1.82, 2.24) is 9.97 Å². The minimum absolute atomic E-state index is 0.478. The van der Waals surface area contributed by atoms with Crippen molar-refractivity contribution in [2.24, 2.45) is 0 Å². The molecule has 0 bridgehead atoms. The quantitative estimate of drug-likeness (QED) is 0.737. The molecule has 2 N–H and O–H groups in total. The van der Waals surface area contributed by atoms with Crippen LogP contribution in [0.1, 0.15) is 0 Å². The molecule has 0 saturated heterocycles. The molecular formula is C10H9N3S. The average molecular weight is 203 g/mol. The summed E-state index contributed by atoms with van der Waals surface area (Å²) in [7, 11) is 0. The topological polar surface area (TPSA) is 40.7 Å². The third-order valence-electron chi connectivity index (χ3n) is 1.73. The number of para-hydroxylation sites is 1. The molecule has 2 rings (SSSR count). The zero-order valence-electron chi connectivity index (χ0n) is 7.40. The highest BCUT2D eigenvalue weighted by atomic mass is 32.1. The van der Waals surface area contributed by atoms with Gasteiger partial charge in [-0.3, -0.25) is 0 Å². The summed E-state index contributed by atoms with van der Waals surface area (Å²) < 4.78 is 0.478. The normalized spacial score (nSPS) is 9.71. The molecule has 0 spiro atoms. The van der Waals surface area contributed by atoms with Gasteiger partial charge in [-0.15, -0.1) is 0 Å². The minimum atomic E-state index is 0.478. The Labute approximate surface area is 86.8 Å². The fourth-order valence-electron chi connectivity index (χ4n) is 1.12.